The lowest BCUT2D eigenvalue weighted by molar-refractivity contribution is -0.147. The third-order valence-corrected chi connectivity index (χ3v) is 5.47. The third kappa shape index (κ3) is 24.0. The van der Waals surface area contributed by atoms with E-state index in [2.05, 4.69) is 20.8 Å². The Morgan fingerprint density at radius 2 is 0.828 bits per heavy atom. The zero-order valence-electron chi connectivity index (χ0n) is 20.4. The smallest absolute Gasteiger partial charge is 0.157 e. The first-order chi connectivity index (χ1) is 14.3. The Morgan fingerprint density at radius 3 is 1.31 bits per heavy atom. The fourth-order valence-corrected chi connectivity index (χ4v) is 3.42. The summed E-state index contributed by atoms with van der Waals surface area (Å²) in [6.07, 6.45) is 22.9. The minimum atomic E-state index is 0.0214. The van der Waals surface area contributed by atoms with Crippen molar-refractivity contribution in [3.8, 4) is 0 Å². The number of hydrogen-bond acceptors (Lipinski definition) is 3. The molecule has 176 valence electrons. The van der Waals surface area contributed by atoms with E-state index >= 15 is 0 Å². The molecule has 0 aromatic heterocycles. The van der Waals surface area contributed by atoms with Crippen LogP contribution in [0.4, 0.5) is 0 Å². The Morgan fingerprint density at radius 1 is 0.414 bits per heavy atom. The fourth-order valence-electron chi connectivity index (χ4n) is 3.42. The maximum absolute atomic E-state index is 5.91. The van der Waals surface area contributed by atoms with E-state index in [9.17, 15) is 0 Å². The number of rotatable bonds is 25. The molecular weight excluding hydrogens is 360 g/mol. The first-order valence-corrected chi connectivity index (χ1v) is 13.2. The Labute approximate surface area is 183 Å². The average Bonchev–Trinajstić information content (AvgIpc) is 2.73. The molecule has 0 N–H and O–H groups in total. The summed E-state index contributed by atoms with van der Waals surface area (Å²) in [5, 5.41) is 0. The SMILES string of the molecule is CCCCCCCCCOCCCCCCCCC(OCCCC)OCCCC. The van der Waals surface area contributed by atoms with Gasteiger partial charge >= 0.3 is 0 Å². The Bertz CT molecular complexity index is 273. The molecule has 0 aliphatic carbocycles. The summed E-state index contributed by atoms with van der Waals surface area (Å²) in [5.74, 6) is 0. The van der Waals surface area contributed by atoms with Crippen molar-refractivity contribution in [2.24, 2.45) is 0 Å². The zero-order valence-corrected chi connectivity index (χ0v) is 20.4. The van der Waals surface area contributed by atoms with Gasteiger partial charge in [-0.1, -0.05) is 97.8 Å². The Hall–Kier alpha value is -0.120. The van der Waals surface area contributed by atoms with Crippen molar-refractivity contribution in [1.82, 2.24) is 0 Å². The minimum absolute atomic E-state index is 0.0214. The van der Waals surface area contributed by atoms with E-state index in [0.29, 0.717) is 0 Å². The molecular formula is C26H54O3. The van der Waals surface area contributed by atoms with E-state index in [0.717, 1.165) is 45.7 Å². The van der Waals surface area contributed by atoms with Crippen LogP contribution >= 0.6 is 0 Å². The Balaban J connectivity index is 3.35. The number of unbranched alkanes of at least 4 members (excludes halogenated alkanes) is 13. The van der Waals surface area contributed by atoms with Gasteiger partial charge in [-0.3, -0.25) is 0 Å². The van der Waals surface area contributed by atoms with Gasteiger partial charge in [0.05, 0.1) is 0 Å². The second-order valence-electron chi connectivity index (χ2n) is 8.52. The minimum Gasteiger partial charge on any atom is -0.381 e. The molecule has 0 heterocycles. The molecule has 0 aliphatic rings. The topological polar surface area (TPSA) is 27.7 Å². The molecule has 0 bridgehead atoms. The fraction of sp³-hybridized carbons (Fsp3) is 1.00. The highest BCUT2D eigenvalue weighted by Gasteiger charge is 2.08. The van der Waals surface area contributed by atoms with Crippen LogP contribution in [-0.4, -0.2) is 32.7 Å². The molecule has 0 spiro atoms. The summed E-state index contributed by atoms with van der Waals surface area (Å²) in [5.41, 5.74) is 0. The summed E-state index contributed by atoms with van der Waals surface area (Å²) in [7, 11) is 0. The van der Waals surface area contributed by atoms with Gasteiger partial charge in [-0.25, -0.2) is 0 Å². The molecule has 3 heteroatoms. The lowest BCUT2D eigenvalue weighted by atomic mass is 10.1. The highest BCUT2D eigenvalue weighted by atomic mass is 16.7. The van der Waals surface area contributed by atoms with Crippen LogP contribution in [0, 0.1) is 0 Å². The molecule has 0 atom stereocenters. The van der Waals surface area contributed by atoms with Gasteiger partial charge in [0.2, 0.25) is 0 Å². The van der Waals surface area contributed by atoms with Crippen LogP contribution in [-0.2, 0) is 14.2 Å². The van der Waals surface area contributed by atoms with Crippen molar-refractivity contribution in [3.05, 3.63) is 0 Å². The van der Waals surface area contributed by atoms with E-state index in [1.807, 2.05) is 0 Å². The van der Waals surface area contributed by atoms with Gasteiger partial charge in [-0.2, -0.15) is 0 Å². The van der Waals surface area contributed by atoms with E-state index in [4.69, 9.17) is 14.2 Å². The van der Waals surface area contributed by atoms with Gasteiger partial charge < -0.3 is 14.2 Å². The van der Waals surface area contributed by atoms with E-state index in [1.165, 1.54) is 96.3 Å². The molecule has 0 fully saturated rings. The molecule has 0 aromatic rings. The van der Waals surface area contributed by atoms with Crippen molar-refractivity contribution in [2.45, 2.75) is 143 Å². The first-order valence-electron chi connectivity index (χ1n) is 13.2. The van der Waals surface area contributed by atoms with Crippen LogP contribution in [0.15, 0.2) is 0 Å². The van der Waals surface area contributed by atoms with Crippen molar-refractivity contribution in [1.29, 1.82) is 0 Å². The molecule has 29 heavy (non-hydrogen) atoms. The van der Waals surface area contributed by atoms with Crippen LogP contribution in [0.5, 0.6) is 0 Å². The van der Waals surface area contributed by atoms with Gasteiger partial charge in [0.25, 0.3) is 0 Å². The lowest BCUT2D eigenvalue weighted by Gasteiger charge is -2.18. The predicted octanol–water partition coefficient (Wildman–Crippen LogP) is 8.44. The molecule has 3 nitrogen and oxygen atoms in total. The highest BCUT2D eigenvalue weighted by Crippen LogP contribution is 2.13. The van der Waals surface area contributed by atoms with Crippen molar-refractivity contribution in [2.75, 3.05) is 26.4 Å². The van der Waals surface area contributed by atoms with Gasteiger partial charge in [-0.05, 0) is 38.5 Å². The molecule has 0 unspecified atom stereocenters. The molecule has 0 aliphatic heterocycles. The normalized spacial score (nSPS) is 11.6. The lowest BCUT2D eigenvalue weighted by Crippen LogP contribution is -2.18. The summed E-state index contributed by atoms with van der Waals surface area (Å²) < 4.78 is 17.6. The summed E-state index contributed by atoms with van der Waals surface area (Å²) in [6.45, 7) is 10.3. The van der Waals surface area contributed by atoms with Crippen LogP contribution in [0.3, 0.4) is 0 Å². The molecule has 0 rings (SSSR count). The number of ether oxygens (including phenoxy) is 3. The van der Waals surface area contributed by atoms with Gasteiger partial charge in [0.1, 0.15) is 0 Å². The summed E-state index contributed by atoms with van der Waals surface area (Å²) in [4.78, 5) is 0. The van der Waals surface area contributed by atoms with Crippen molar-refractivity contribution >= 4 is 0 Å². The zero-order chi connectivity index (χ0) is 21.3. The average molecular weight is 415 g/mol. The summed E-state index contributed by atoms with van der Waals surface area (Å²) >= 11 is 0. The summed E-state index contributed by atoms with van der Waals surface area (Å²) in [6, 6.07) is 0. The van der Waals surface area contributed by atoms with Gasteiger partial charge in [0.15, 0.2) is 6.29 Å². The van der Waals surface area contributed by atoms with Crippen LogP contribution in [0.1, 0.15) is 136 Å². The molecule has 0 radical (unpaired) electrons. The Kier molecular flexibility index (Phi) is 25.8. The highest BCUT2D eigenvalue weighted by molar-refractivity contribution is 4.51. The van der Waals surface area contributed by atoms with E-state index < -0.39 is 0 Å². The van der Waals surface area contributed by atoms with Gasteiger partial charge in [-0.15, -0.1) is 0 Å². The predicted molar refractivity (Wildman–Crippen MR) is 127 cm³/mol. The maximum Gasteiger partial charge on any atom is 0.157 e. The molecule has 0 saturated carbocycles. The maximum atomic E-state index is 5.91. The van der Waals surface area contributed by atoms with Crippen LogP contribution in [0.25, 0.3) is 0 Å². The molecule has 0 saturated heterocycles. The second kappa shape index (κ2) is 25.9. The largest absolute Gasteiger partial charge is 0.381 e. The standard InChI is InChI=1S/C26H54O3/c1-4-7-10-11-13-16-19-22-27-23-20-17-14-12-15-18-21-26(28-24-8-5-2)29-25-9-6-3/h26H,4-25H2,1-3H3. The first kappa shape index (κ1) is 28.9. The quantitative estimate of drug-likeness (QED) is 0.111. The van der Waals surface area contributed by atoms with Crippen LogP contribution < -0.4 is 0 Å². The second-order valence-corrected chi connectivity index (χ2v) is 8.52. The van der Waals surface area contributed by atoms with E-state index in [1.54, 1.807) is 0 Å². The molecule has 0 amide bonds. The van der Waals surface area contributed by atoms with Crippen molar-refractivity contribution < 1.29 is 14.2 Å². The monoisotopic (exact) mass is 414 g/mol. The van der Waals surface area contributed by atoms with Crippen LogP contribution in [0.2, 0.25) is 0 Å². The van der Waals surface area contributed by atoms with Crippen molar-refractivity contribution in [3.63, 3.8) is 0 Å². The third-order valence-electron chi connectivity index (χ3n) is 5.47. The molecule has 0 aromatic carbocycles. The van der Waals surface area contributed by atoms with Gasteiger partial charge in [0, 0.05) is 26.4 Å². The van der Waals surface area contributed by atoms with E-state index in [-0.39, 0.29) is 6.29 Å². The number of hydrogen-bond donors (Lipinski definition) is 0.